The van der Waals surface area contributed by atoms with Crippen LogP contribution in [0.2, 0.25) is 0 Å². The van der Waals surface area contributed by atoms with E-state index < -0.39 is 0 Å². The van der Waals surface area contributed by atoms with E-state index in [9.17, 15) is 0 Å². The Labute approximate surface area is 203 Å². The van der Waals surface area contributed by atoms with Crippen molar-refractivity contribution in [1.29, 1.82) is 0 Å². The molecular weight excluding hydrogens is 414 g/mol. The summed E-state index contributed by atoms with van der Waals surface area (Å²) in [7, 11) is 0. The molecule has 0 unspecified atom stereocenters. The van der Waals surface area contributed by atoms with Gasteiger partial charge in [-0.3, -0.25) is 4.98 Å². The third-order valence-electron chi connectivity index (χ3n) is 5.84. The fourth-order valence-electron chi connectivity index (χ4n) is 4.18. The molecule has 2 aromatic heterocycles. The monoisotopic (exact) mass is 448 g/mol. The second-order valence-corrected chi connectivity index (χ2v) is 8.63. The molecule has 2 aromatic carbocycles. The Morgan fingerprint density at radius 2 is 1.79 bits per heavy atom. The number of rotatable bonds is 6. The van der Waals surface area contributed by atoms with E-state index in [1.165, 1.54) is 34.3 Å². The molecule has 1 aliphatic carbocycles. The van der Waals surface area contributed by atoms with E-state index in [0.717, 1.165) is 37.1 Å². The molecule has 172 valence electrons. The van der Waals surface area contributed by atoms with Gasteiger partial charge in [0, 0.05) is 12.6 Å². The zero-order valence-corrected chi connectivity index (χ0v) is 20.3. The average Bonchev–Trinajstić information content (AvgIpc) is 3.32. The van der Waals surface area contributed by atoms with Crippen LogP contribution in [0.4, 0.5) is 0 Å². The van der Waals surface area contributed by atoms with E-state index in [2.05, 4.69) is 108 Å². The first-order chi connectivity index (χ1) is 16.7. The van der Waals surface area contributed by atoms with Gasteiger partial charge in [0.15, 0.2) is 0 Å². The topological polar surface area (TPSA) is 21.7 Å². The Bertz CT molecular complexity index is 1310. The third-order valence-corrected chi connectivity index (χ3v) is 5.84. The molecule has 0 spiro atoms. The molecule has 0 radical (unpaired) electrons. The first kappa shape index (κ1) is 23.4. The molecule has 0 N–H and O–H groups in total. The number of pyridine rings is 1. The fourth-order valence-corrected chi connectivity index (χ4v) is 4.18. The molecule has 4 aromatic rings. The predicted molar refractivity (Wildman–Crippen MR) is 144 cm³/mol. The first-order valence-corrected chi connectivity index (χ1v) is 12.3. The van der Waals surface area contributed by atoms with Gasteiger partial charge in [-0.05, 0) is 65.6 Å². The summed E-state index contributed by atoms with van der Waals surface area (Å²) in [6.45, 7) is 9.37. The number of imidazole rings is 1. The normalized spacial score (nSPS) is 12.7. The highest BCUT2D eigenvalue weighted by molar-refractivity contribution is 5.86. The molecule has 0 fully saturated rings. The van der Waals surface area contributed by atoms with Gasteiger partial charge < -0.3 is 0 Å². The number of benzene rings is 2. The van der Waals surface area contributed by atoms with Gasteiger partial charge >= 0.3 is 0 Å². The lowest BCUT2D eigenvalue weighted by atomic mass is 10.1. The summed E-state index contributed by atoms with van der Waals surface area (Å²) >= 11 is 0. The summed E-state index contributed by atoms with van der Waals surface area (Å²) in [4.78, 5) is 4.45. The Balaban J connectivity index is 0.000000868. The summed E-state index contributed by atoms with van der Waals surface area (Å²) in [5.41, 5.74) is 4.47. The Kier molecular flexibility index (Phi) is 7.87. The van der Waals surface area contributed by atoms with Gasteiger partial charge in [0.25, 0.3) is 5.82 Å². The minimum atomic E-state index is 0.848. The summed E-state index contributed by atoms with van der Waals surface area (Å²) in [5, 5.41) is 2.52. The molecule has 3 nitrogen and oxygen atoms in total. The highest BCUT2D eigenvalue weighted by Gasteiger charge is 2.22. The number of aryl methyl sites for hydroxylation is 1. The maximum absolute atomic E-state index is 4.45. The van der Waals surface area contributed by atoms with E-state index in [4.69, 9.17) is 0 Å². The van der Waals surface area contributed by atoms with Crippen LogP contribution in [-0.2, 0) is 6.54 Å². The summed E-state index contributed by atoms with van der Waals surface area (Å²) in [6, 6.07) is 21.2. The number of aromatic nitrogens is 3. The van der Waals surface area contributed by atoms with Gasteiger partial charge in [-0.1, -0.05) is 69.3 Å². The van der Waals surface area contributed by atoms with Crippen LogP contribution in [0.5, 0.6) is 0 Å². The van der Waals surface area contributed by atoms with Crippen molar-refractivity contribution in [3.05, 3.63) is 110 Å². The van der Waals surface area contributed by atoms with Crippen molar-refractivity contribution in [3.8, 4) is 11.4 Å². The van der Waals surface area contributed by atoms with Crippen molar-refractivity contribution >= 4 is 22.0 Å². The molecular formula is C31H34N3+. The van der Waals surface area contributed by atoms with Crippen molar-refractivity contribution in [2.45, 2.75) is 46.1 Å². The van der Waals surface area contributed by atoms with Gasteiger partial charge in [0.2, 0.25) is 0 Å². The largest absolute Gasteiger partial charge is 0.294 e. The predicted octanol–water partition coefficient (Wildman–Crippen LogP) is 7.70. The SMILES string of the molecule is C=C(CC[n+]1ccn(C2=CCCC=C2)c1-c1ccc2ccccc2c1)c1ccccn1.CCC. The third kappa shape index (κ3) is 5.43. The van der Waals surface area contributed by atoms with Gasteiger partial charge in [0.1, 0.15) is 18.1 Å². The zero-order valence-electron chi connectivity index (χ0n) is 20.3. The van der Waals surface area contributed by atoms with Crippen molar-refractivity contribution in [2.75, 3.05) is 0 Å². The molecule has 0 saturated carbocycles. The first-order valence-electron chi connectivity index (χ1n) is 12.3. The van der Waals surface area contributed by atoms with E-state index in [0.29, 0.717) is 0 Å². The van der Waals surface area contributed by atoms with Crippen LogP contribution in [0.25, 0.3) is 33.4 Å². The average molecular weight is 449 g/mol. The number of allylic oxidation sites excluding steroid dienone is 5. The maximum Gasteiger partial charge on any atom is 0.294 e. The van der Waals surface area contributed by atoms with E-state index in [1.807, 2.05) is 24.4 Å². The minimum absolute atomic E-state index is 0.848. The quantitative estimate of drug-likeness (QED) is 0.277. The van der Waals surface area contributed by atoms with Crippen LogP contribution in [0.15, 0.2) is 104 Å². The van der Waals surface area contributed by atoms with Crippen LogP contribution >= 0.6 is 0 Å². The number of hydrogen-bond acceptors (Lipinski definition) is 1. The molecule has 2 heterocycles. The maximum atomic E-state index is 4.45. The zero-order chi connectivity index (χ0) is 23.8. The lowest BCUT2D eigenvalue weighted by Gasteiger charge is -2.10. The molecule has 5 rings (SSSR count). The standard InChI is InChI=1S/C28H26N3.C3H8/c1-22(27-13-7-8-17-29-27)16-18-30-19-20-31(26-11-3-2-4-12-26)28(30)25-15-14-23-9-5-6-10-24(23)21-25;1-3-2/h3,5-15,17,19-21H,1-2,4,16,18H2;3H2,1-2H3/q+1;. The molecule has 0 bridgehead atoms. The summed E-state index contributed by atoms with van der Waals surface area (Å²) in [6.07, 6.45) is 17.3. The Morgan fingerprint density at radius 3 is 2.53 bits per heavy atom. The lowest BCUT2D eigenvalue weighted by molar-refractivity contribution is -0.684. The van der Waals surface area contributed by atoms with Crippen molar-refractivity contribution < 1.29 is 4.57 Å². The second kappa shape index (κ2) is 11.4. The van der Waals surface area contributed by atoms with E-state index in [1.54, 1.807) is 0 Å². The van der Waals surface area contributed by atoms with Crippen LogP contribution in [0.3, 0.4) is 0 Å². The minimum Gasteiger partial charge on any atom is -0.257 e. The van der Waals surface area contributed by atoms with Crippen LogP contribution in [0.1, 0.15) is 45.2 Å². The highest BCUT2D eigenvalue weighted by Crippen LogP contribution is 2.27. The molecule has 0 saturated heterocycles. The fraction of sp³-hybridized carbons (Fsp3) is 0.226. The van der Waals surface area contributed by atoms with Crippen LogP contribution in [-0.4, -0.2) is 9.55 Å². The number of fused-ring (bicyclic) bond motifs is 1. The number of nitrogens with zero attached hydrogens (tertiary/aromatic N) is 3. The smallest absolute Gasteiger partial charge is 0.257 e. The van der Waals surface area contributed by atoms with Gasteiger partial charge in [0.05, 0.1) is 17.8 Å². The van der Waals surface area contributed by atoms with Crippen molar-refractivity contribution in [2.24, 2.45) is 0 Å². The van der Waals surface area contributed by atoms with Gasteiger partial charge in [-0.25, -0.2) is 4.57 Å². The molecule has 1 aliphatic rings. The van der Waals surface area contributed by atoms with Gasteiger partial charge in [-0.2, -0.15) is 4.57 Å². The van der Waals surface area contributed by atoms with Crippen molar-refractivity contribution in [3.63, 3.8) is 0 Å². The summed E-state index contributed by atoms with van der Waals surface area (Å²) < 4.78 is 4.64. The van der Waals surface area contributed by atoms with Gasteiger partial charge in [-0.15, -0.1) is 0 Å². The van der Waals surface area contributed by atoms with Crippen LogP contribution in [0, 0.1) is 0 Å². The van der Waals surface area contributed by atoms with Crippen LogP contribution < -0.4 is 4.57 Å². The Hall–Kier alpha value is -3.72. The molecule has 0 amide bonds. The molecule has 3 heteroatoms. The molecule has 34 heavy (non-hydrogen) atoms. The lowest BCUT2D eigenvalue weighted by Crippen LogP contribution is -2.35. The Morgan fingerprint density at radius 1 is 1.00 bits per heavy atom. The van der Waals surface area contributed by atoms with E-state index in [-0.39, 0.29) is 0 Å². The molecule has 0 aliphatic heterocycles. The second-order valence-electron chi connectivity index (χ2n) is 8.63. The molecule has 0 atom stereocenters. The number of hydrogen-bond donors (Lipinski definition) is 0. The van der Waals surface area contributed by atoms with Crippen molar-refractivity contribution in [1.82, 2.24) is 9.55 Å². The summed E-state index contributed by atoms with van der Waals surface area (Å²) in [5.74, 6) is 1.19. The van der Waals surface area contributed by atoms with E-state index >= 15 is 0 Å². The highest BCUT2D eigenvalue weighted by atomic mass is 15.2.